The van der Waals surface area contributed by atoms with Crippen LogP contribution in [0.1, 0.15) is 11.3 Å². The average molecular weight is 302 g/mol. The Morgan fingerprint density at radius 3 is 2.50 bits per heavy atom. The number of carboxylic acid groups (broad SMARTS) is 1. The number of carbonyl (C=O) groups excluding carboxylic acids is 1. The van der Waals surface area contributed by atoms with Gasteiger partial charge in [0.25, 0.3) is 5.56 Å². The molecule has 0 aliphatic heterocycles. The Hall–Kier alpha value is -3.09. The smallest absolute Gasteiger partial charge is 0.418 e. The second-order valence-electron chi connectivity index (χ2n) is 4.50. The van der Waals surface area contributed by atoms with Gasteiger partial charge in [-0.05, 0) is 24.6 Å². The fourth-order valence-electron chi connectivity index (χ4n) is 1.83. The molecule has 0 bridgehead atoms. The molecular weight excluding hydrogens is 288 g/mol. The van der Waals surface area contributed by atoms with Crippen LogP contribution in [-0.2, 0) is 11.3 Å². The van der Waals surface area contributed by atoms with Gasteiger partial charge in [0.2, 0.25) is 0 Å². The third-order valence-electron chi connectivity index (χ3n) is 2.92. The second-order valence-corrected chi connectivity index (χ2v) is 4.50. The number of rotatable bonds is 3. The number of ether oxygens (including phenoxy) is 1. The predicted octanol–water partition coefficient (Wildman–Crippen LogP) is 2.43. The normalized spacial score (nSPS) is 10.0. The SMILES string of the molecule is Cc1ccc(NC(=O)OCc2ccccc2)c(=O)n1C(=O)O. The Morgan fingerprint density at radius 1 is 1.18 bits per heavy atom. The summed E-state index contributed by atoms with van der Waals surface area (Å²) in [6.07, 6.45) is -2.24. The van der Waals surface area contributed by atoms with Gasteiger partial charge in [-0.2, -0.15) is 0 Å². The summed E-state index contributed by atoms with van der Waals surface area (Å²) in [5.41, 5.74) is 0.0560. The molecule has 1 heterocycles. The van der Waals surface area contributed by atoms with Crippen molar-refractivity contribution in [3.8, 4) is 0 Å². The Labute approximate surface area is 125 Å². The van der Waals surface area contributed by atoms with E-state index < -0.39 is 17.7 Å². The maximum atomic E-state index is 12.0. The van der Waals surface area contributed by atoms with Gasteiger partial charge in [-0.1, -0.05) is 30.3 Å². The van der Waals surface area contributed by atoms with Crippen molar-refractivity contribution in [2.45, 2.75) is 13.5 Å². The van der Waals surface area contributed by atoms with Crippen LogP contribution in [0.5, 0.6) is 0 Å². The minimum Gasteiger partial charge on any atom is -0.464 e. The van der Waals surface area contributed by atoms with Gasteiger partial charge in [-0.15, -0.1) is 0 Å². The highest BCUT2D eigenvalue weighted by Crippen LogP contribution is 2.05. The molecule has 1 aromatic heterocycles. The number of amides is 1. The van der Waals surface area contributed by atoms with E-state index in [2.05, 4.69) is 5.32 Å². The van der Waals surface area contributed by atoms with Gasteiger partial charge in [0, 0.05) is 5.69 Å². The molecule has 7 heteroatoms. The lowest BCUT2D eigenvalue weighted by Gasteiger charge is -2.09. The van der Waals surface area contributed by atoms with Gasteiger partial charge < -0.3 is 9.84 Å². The first kappa shape index (κ1) is 15.3. The lowest BCUT2D eigenvalue weighted by atomic mass is 10.2. The van der Waals surface area contributed by atoms with Gasteiger partial charge in [-0.25, -0.2) is 14.2 Å². The summed E-state index contributed by atoms with van der Waals surface area (Å²) in [6.45, 7) is 1.53. The molecule has 2 aromatic rings. The van der Waals surface area contributed by atoms with E-state index in [4.69, 9.17) is 9.84 Å². The molecule has 0 atom stereocenters. The molecule has 1 aromatic carbocycles. The third kappa shape index (κ3) is 3.51. The van der Waals surface area contributed by atoms with E-state index in [1.165, 1.54) is 19.1 Å². The van der Waals surface area contributed by atoms with E-state index in [0.29, 0.717) is 4.57 Å². The number of benzene rings is 1. The topological polar surface area (TPSA) is 97.6 Å². The molecule has 0 spiro atoms. The van der Waals surface area contributed by atoms with Crippen molar-refractivity contribution in [3.05, 3.63) is 64.1 Å². The van der Waals surface area contributed by atoms with E-state index >= 15 is 0 Å². The van der Waals surface area contributed by atoms with Gasteiger partial charge in [-0.3, -0.25) is 10.1 Å². The molecule has 0 unspecified atom stereocenters. The van der Waals surface area contributed by atoms with Gasteiger partial charge in [0.05, 0.1) is 0 Å². The molecular formula is C15H14N2O5. The summed E-state index contributed by atoms with van der Waals surface area (Å²) in [5.74, 6) is 0. The van der Waals surface area contributed by atoms with E-state index in [1.54, 1.807) is 12.1 Å². The zero-order valence-corrected chi connectivity index (χ0v) is 11.8. The summed E-state index contributed by atoms with van der Waals surface area (Å²) in [5, 5.41) is 11.2. The number of anilines is 1. The molecule has 0 saturated carbocycles. The summed E-state index contributed by atoms with van der Waals surface area (Å²) in [4.78, 5) is 34.6. The molecule has 0 aliphatic carbocycles. The van der Waals surface area contributed by atoms with Crippen molar-refractivity contribution in [1.29, 1.82) is 0 Å². The molecule has 0 saturated heterocycles. The summed E-state index contributed by atoms with van der Waals surface area (Å²) in [6, 6.07) is 11.8. The van der Waals surface area contributed by atoms with E-state index in [0.717, 1.165) is 5.56 Å². The second kappa shape index (κ2) is 6.57. The minimum atomic E-state index is -1.41. The molecule has 22 heavy (non-hydrogen) atoms. The van der Waals surface area contributed by atoms with Crippen molar-refractivity contribution >= 4 is 17.9 Å². The molecule has 2 N–H and O–H groups in total. The van der Waals surface area contributed by atoms with Crippen molar-refractivity contribution in [2.24, 2.45) is 0 Å². The van der Waals surface area contributed by atoms with Crippen molar-refractivity contribution < 1.29 is 19.4 Å². The molecule has 114 valence electrons. The van der Waals surface area contributed by atoms with Crippen LogP contribution in [0.15, 0.2) is 47.3 Å². The van der Waals surface area contributed by atoms with Crippen molar-refractivity contribution in [1.82, 2.24) is 4.57 Å². The zero-order chi connectivity index (χ0) is 16.1. The summed E-state index contributed by atoms with van der Waals surface area (Å²) in [7, 11) is 0. The predicted molar refractivity (Wildman–Crippen MR) is 79.1 cm³/mol. The number of aromatic nitrogens is 1. The molecule has 0 aliphatic rings. The van der Waals surface area contributed by atoms with Crippen LogP contribution < -0.4 is 10.9 Å². The van der Waals surface area contributed by atoms with Gasteiger partial charge in [0.15, 0.2) is 0 Å². The molecule has 0 radical (unpaired) electrons. The molecule has 0 fully saturated rings. The lowest BCUT2D eigenvalue weighted by Crippen LogP contribution is -2.31. The third-order valence-corrected chi connectivity index (χ3v) is 2.92. The molecule has 2 rings (SSSR count). The van der Waals surface area contributed by atoms with E-state index in [-0.39, 0.29) is 18.0 Å². The van der Waals surface area contributed by atoms with E-state index in [1.807, 2.05) is 18.2 Å². The van der Waals surface area contributed by atoms with Crippen LogP contribution in [0.2, 0.25) is 0 Å². The van der Waals surface area contributed by atoms with Crippen LogP contribution in [0, 0.1) is 6.92 Å². The van der Waals surface area contributed by atoms with Crippen LogP contribution in [0.25, 0.3) is 0 Å². The number of pyridine rings is 1. The monoisotopic (exact) mass is 302 g/mol. The Morgan fingerprint density at radius 2 is 1.86 bits per heavy atom. The fraction of sp³-hybridized carbons (Fsp3) is 0.133. The number of hydrogen-bond acceptors (Lipinski definition) is 4. The minimum absolute atomic E-state index is 0.0473. The first-order chi connectivity index (χ1) is 10.5. The quantitative estimate of drug-likeness (QED) is 0.907. The van der Waals surface area contributed by atoms with Gasteiger partial charge >= 0.3 is 12.2 Å². The highest BCUT2D eigenvalue weighted by atomic mass is 16.5. The summed E-state index contributed by atoms with van der Waals surface area (Å²) >= 11 is 0. The highest BCUT2D eigenvalue weighted by molar-refractivity contribution is 5.85. The summed E-state index contributed by atoms with van der Waals surface area (Å²) < 4.78 is 5.52. The Bertz CT molecular complexity index is 752. The number of hydrogen-bond donors (Lipinski definition) is 2. The van der Waals surface area contributed by atoms with Crippen LogP contribution in [0.4, 0.5) is 15.3 Å². The van der Waals surface area contributed by atoms with Crippen LogP contribution in [0.3, 0.4) is 0 Å². The maximum absolute atomic E-state index is 12.0. The van der Waals surface area contributed by atoms with Crippen molar-refractivity contribution in [2.75, 3.05) is 5.32 Å². The Kier molecular flexibility index (Phi) is 4.57. The maximum Gasteiger partial charge on any atom is 0.418 e. The standard InChI is InChI=1S/C15H14N2O5/c1-10-7-8-12(13(18)17(10)15(20)21)16-14(19)22-9-11-5-3-2-4-6-11/h2-8H,9H2,1H3,(H,16,19)(H,20,21). The average Bonchev–Trinajstić information content (AvgIpc) is 2.49. The highest BCUT2D eigenvalue weighted by Gasteiger charge is 2.14. The largest absolute Gasteiger partial charge is 0.464 e. The first-order valence-corrected chi connectivity index (χ1v) is 6.42. The number of nitrogens with zero attached hydrogens (tertiary/aromatic N) is 1. The van der Waals surface area contributed by atoms with Crippen LogP contribution >= 0.6 is 0 Å². The lowest BCUT2D eigenvalue weighted by molar-refractivity contribution is 0.155. The number of carbonyl (C=O) groups is 2. The first-order valence-electron chi connectivity index (χ1n) is 6.42. The number of aryl methyl sites for hydroxylation is 1. The molecule has 1 amide bonds. The zero-order valence-electron chi connectivity index (χ0n) is 11.8. The molecule has 7 nitrogen and oxygen atoms in total. The fourth-order valence-corrected chi connectivity index (χ4v) is 1.83. The Balaban J connectivity index is 2.08. The van der Waals surface area contributed by atoms with Crippen LogP contribution in [-0.4, -0.2) is 21.9 Å². The van der Waals surface area contributed by atoms with Crippen molar-refractivity contribution in [3.63, 3.8) is 0 Å². The van der Waals surface area contributed by atoms with E-state index in [9.17, 15) is 14.4 Å². The number of nitrogens with one attached hydrogen (secondary N) is 1. The van der Waals surface area contributed by atoms with Gasteiger partial charge in [0.1, 0.15) is 12.3 Å².